The Morgan fingerprint density at radius 3 is 2.47 bits per heavy atom. The molecule has 1 aromatic carbocycles. The van der Waals surface area contributed by atoms with Gasteiger partial charge in [0.25, 0.3) is 0 Å². The van der Waals surface area contributed by atoms with E-state index in [1.807, 2.05) is 25.1 Å². The first-order chi connectivity index (χ1) is 7.15. The molecule has 0 bridgehead atoms. The molecule has 1 atom stereocenters. The average molecular weight is 222 g/mol. The minimum absolute atomic E-state index is 0.0881. The Bertz CT molecular complexity index is 393. The van der Waals surface area contributed by atoms with Gasteiger partial charge in [0.1, 0.15) is 0 Å². The molecule has 0 aliphatic carbocycles. The zero-order valence-electron chi connectivity index (χ0n) is 8.90. The maximum atomic E-state index is 11.7. The van der Waals surface area contributed by atoms with Crippen LogP contribution in [0.2, 0.25) is 0 Å². The van der Waals surface area contributed by atoms with Crippen molar-refractivity contribution in [3.05, 3.63) is 46.9 Å². The molecule has 15 heavy (non-hydrogen) atoms. The lowest BCUT2D eigenvalue weighted by molar-refractivity contribution is 0.104. The summed E-state index contributed by atoms with van der Waals surface area (Å²) in [5.41, 5.74) is 0.630. The highest BCUT2D eigenvalue weighted by atomic mass is 32.2. The third-order valence-electron chi connectivity index (χ3n) is 2.01. The van der Waals surface area contributed by atoms with Gasteiger partial charge in [-0.3, -0.25) is 9.00 Å². The summed E-state index contributed by atoms with van der Waals surface area (Å²) in [6.45, 7) is 3.56. The minimum Gasteiger partial charge on any atom is -0.289 e. The fourth-order valence-corrected chi connectivity index (χ4v) is 1.86. The third kappa shape index (κ3) is 3.44. The molecule has 0 heterocycles. The van der Waals surface area contributed by atoms with Crippen molar-refractivity contribution in [1.82, 2.24) is 0 Å². The fourth-order valence-electron chi connectivity index (χ4n) is 1.16. The Labute approximate surface area is 92.5 Å². The summed E-state index contributed by atoms with van der Waals surface area (Å²) in [6, 6.07) is 8.99. The van der Waals surface area contributed by atoms with E-state index in [9.17, 15) is 9.00 Å². The van der Waals surface area contributed by atoms with Crippen molar-refractivity contribution in [2.45, 2.75) is 13.8 Å². The molecule has 1 rings (SSSR count). The van der Waals surface area contributed by atoms with Crippen molar-refractivity contribution in [2.75, 3.05) is 5.75 Å². The van der Waals surface area contributed by atoms with Crippen LogP contribution in [-0.2, 0) is 10.8 Å². The number of ketones is 1. The van der Waals surface area contributed by atoms with Gasteiger partial charge in [-0.2, -0.15) is 0 Å². The number of hydrogen-bond donors (Lipinski definition) is 0. The van der Waals surface area contributed by atoms with Gasteiger partial charge in [-0.1, -0.05) is 37.3 Å². The number of benzene rings is 1. The first kappa shape index (κ1) is 11.9. The van der Waals surface area contributed by atoms with E-state index in [-0.39, 0.29) is 5.78 Å². The molecule has 1 aromatic rings. The van der Waals surface area contributed by atoms with Gasteiger partial charge in [0.05, 0.1) is 0 Å². The van der Waals surface area contributed by atoms with Crippen LogP contribution in [0, 0.1) is 0 Å². The lowest BCUT2D eigenvalue weighted by Gasteiger charge is -1.98. The summed E-state index contributed by atoms with van der Waals surface area (Å²) < 4.78 is 11.4. The van der Waals surface area contributed by atoms with E-state index in [4.69, 9.17) is 0 Å². The van der Waals surface area contributed by atoms with Gasteiger partial charge in [-0.25, -0.2) is 0 Å². The molecule has 0 aromatic heterocycles. The van der Waals surface area contributed by atoms with Crippen LogP contribution in [0.15, 0.2) is 41.3 Å². The molecule has 0 saturated heterocycles. The topological polar surface area (TPSA) is 34.1 Å². The predicted octanol–water partition coefficient (Wildman–Crippen LogP) is 2.54. The summed E-state index contributed by atoms with van der Waals surface area (Å²) in [5.74, 6) is 0.458. The van der Waals surface area contributed by atoms with Gasteiger partial charge in [0.15, 0.2) is 5.78 Å². The van der Waals surface area contributed by atoms with Gasteiger partial charge in [0.2, 0.25) is 0 Å². The maximum Gasteiger partial charge on any atom is 0.186 e. The van der Waals surface area contributed by atoms with Crippen LogP contribution in [0.3, 0.4) is 0 Å². The molecule has 0 radical (unpaired) electrons. The predicted molar refractivity (Wildman–Crippen MR) is 63.2 cm³/mol. The van der Waals surface area contributed by atoms with Crippen LogP contribution in [0.4, 0.5) is 0 Å². The monoisotopic (exact) mass is 222 g/mol. The normalized spacial score (nSPS) is 13.6. The highest BCUT2D eigenvalue weighted by Crippen LogP contribution is 2.06. The Kier molecular flexibility index (Phi) is 4.43. The first-order valence-electron chi connectivity index (χ1n) is 4.81. The lowest BCUT2D eigenvalue weighted by Crippen LogP contribution is -2.00. The maximum absolute atomic E-state index is 11.7. The summed E-state index contributed by atoms with van der Waals surface area (Å²) in [4.78, 5) is 12.3. The van der Waals surface area contributed by atoms with Crippen LogP contribution < -0.4 is 0 Å². The van der Waals surface area contributed by atoms with Gasteiger partial charge in [0, 0.05) is 27.0 Å². The smallest absolute Gasteiger partial charge is 0.186 e. The highest BCUT2D eigenvalue weighted by molar-refractivity contribution is 7.88. The number of allylic oxidation sites excluding steroid dienone is 2. The second-order valence-corrected chi connectivity index (χ2v) is 5.03. The minimum atomic E-state index is -1.03. The lowest BCUT2D eigenvalue weighted by atomic mass is 10.1. The average Bonchev–Trinajstić information content (AvgIpc) is 2.29. The van der Waals surface area contributed by atoms with Gasteiger partial charge < -0.3 is 0 Å². The number of hydrogen-bond acceptors (Lipinski definition) is 2. The molecule has 0 N–H and O–H groups in total. The highest BCUT2D eigenvalue weighted by Gasteiger charge is 2.04. The second kappa shape index (κ2) is 5.61. The standard InChI is InChI=1S/C12H14O2S/c1-3-15(14)10(2)9-12(13)11-7-5-4-6-8-11/h4-9H,3H2,1-2H3/b10-9+. The Hall–Kier alpha value is -1.22. The second-order valence-electron chi connectivity index (χ2n) is 3.12. The number of carbonyl (C=O) groups excluding carboxylic acids is 1. The van der Waals surface area contributed by atoms with Crippen LogP contribution in [0.1, 0.15) is 24.2 Å². The molecule has 0 aliphatic heterocycles. The summed E-state index contributed by atoms with van der Waals surface area (Å²) >= 11 is 0. The molecular formula is C12H14O2S. The summed E-state index contributed by atoms with van der Waals surface area (Å²) in [5, 5.41) is 0. The van der Waals surface area contributed by atoms with Gasteiger partial charge >= 0.3 is 0 Å². The summed E-state index contributed by atoms with van der Waals surface area (Å²) in [6.07, 6.45) is 1.45. The number of carbonyl (C=O) groups is 1. The van der Waals surface area contributed by atoms with E-state index >= 15 is 0 Å². The number of rotatable bonds is 4. The van der Waals surface area contributed by atoms with Crippen molar-refractivity contribution in [3.8, 4) is 0 Å². The van der Waals surface area contributed by atoms with Crippen molar-refractivity contribution in [1.29, 1.82) is 0 Å². The van der Waals surface area contributed by atoms with E-state index in [0.29, 0.717) is 16.2 Å². The van der Waals surface area contributed by atoms with E-state index in [1.54, 1.807) is 19.1 Å². The fraction of sp³-hybridized carbons (Fsp3) is 0.250. The molecule has 2 nitrogen and oxygen atoms in total. The van der Waals surface area contributed by atoms with Crippen molar-refractivity contribution in [2.24, 2.45) is 0 Å². The molecule has 0 saturated carbocycles. The van der Waals surface area contributed by atoms with E-state index < -0.39 is 10.8 Å². The molecule has 1 unspecified atom stereocenters. The zero-order chi connectivity index (χ0) is 11.3. The van der Waals surface area contributed by atoms with E-state index in [2.05, 4.69) is 0 Å². The molecule has 0 aliphatic rings. The van der Waals surface area contributed by atoms with Gasteiger partial charge in [-0.15, -0.1) is 0 Å². The van der Waals surface area contributed by atoms with E-state index in [1.165, 1.54) is 6.08 Å². The quantitative estimate of drug-likeness (QED) is 0.579. The van der Waals surface area contributed by atoms with Crippen LogP contribution in [0.25, 0.3) is 0 Å². The van der Waals surface area contributed by atoms with Crippen LogP contribution >= 0.6 is 0 Å². The largest absolute Gasteiger partial charge is 0.289 e. The van der Waals surface area contributed by atoms with Crippen molar-refractivity contribution in [3.63, 3.8) is 0 Å². The molecule has 80 valence electrons. The van der Waals surface area contributed by atoms with E-state index in [0.717, 1.165) is 0 Å². The molecule has 0 fully saturated rings. The SMILES string of the molecule is CCS(=O)/C(C)=C/C(=O)c1ccccc1. The Morgan fingerprint density at radius 1 is 1.33 bits per heavy atom. The zero-order valence-corrected chi connectivity index (χ0v) is 9.71. The Morgan fingerprint density at radius 2 is 1.93 bits per heavy atom. The molecule has 3 heteroatoms. The molecule has 0 amide bonds. The Balaban J connectivity index is 2.84. The summed E-state index contributed by atoms with van der Waals surface area (Å²) in [7, 11) is -1.03. The molecular weight excluding hydrogens is 208 g/mol. The van der Waals surface area contributed by atoms with Crippen LogP contribution in [-0.4, -0.2) is 15.7 Å². The molecule has 0 spiro atoms. The third-order valence-corrected chi connectivity index (χ3v) is 3.37. The van der Waals surface area contributed by atoms with Crippen molar-refractivity contribution < 1.29 is 9.00 Å². The van der Waals surface area contributed by atoms with Gasteiger partial charge in [-0.05, 0) is 13.0 Å². The first-order valence-corrected chi connectivity index (χ1v) is 6.13. The van der Waals surface area contributed by atoms with Crippen molar-refractivity contribution >= 4 is 16.6 Å². The van der Waals surface area contributed by atoms with Crippen LogP contribution in [0.5, 0.6) is 0 Å².